The van der Waals surface area contributed by atoms with Gasteiger partial charge in [-0.15, -0.1) is 0 Å². The molecule has 0 bridgehead atoms. The van der Waals surface area contributed by atoms with Crippen molar-refractivity contribution >= 4 is 15.9 Å². The van der Waals surface area contributed by atoms with E-state index in [1.54, 1.807) is 0 Å². The molecule has 9 heavy (non-hydrogen) atoms. The molecule has 0 heterocycles. The monoisotopic (exact) mass is 190 g/mol. The Labute approximate surface area is 66.2 Å². The van der Waals surface area contributed by atoms with Crippen molar-refractivity contribution in [2.24, 2.45) is 17.8 Å². The molecule has 0 nitrogen and oxygen atoms in total. The van der Waals surface area contributed by atoms with Gasteiger partial charge in [0.05, 0.1) is 0 Å². The quantitative estimate of drug-likeness (QED) is 0.601. The zero-order chi connectivity index (χ0) is 6.85. The van der Waals surface area contributed by atoms with Gasteiger partial charge < -0.3 is 0 Å². The molecule has 0 saturated heterocycles. The zero-order valence-electron chi connectivity index (χ0n) is 6.23. The summed E-state index contributed by atoms with van der Waals surface area (Å²) >= 11 is 3.51. The van der Waals surface area contributed by atoms with Gasteiger partial charge in [0.1, 0.15) is 0 Å². The van der Waals surface area contributed by atoms with E-state index in [-0.39, 0.29) is 0 Å². The average Bonchev–Trinajstić information content (AvgIpc) is 2.45. The maximum absolute atomic E-state index is 3.51. The minimum atomic E-state index is 0.902. The molecule has 1 fully saturated rings. The van der Waals surface area contributed by atoms with Gasteiger partial charge in [0.25, 0.3) is 0 Å². The molecule has 0 aromatic carbocycles. The molecule has 2 atom stereocenters. The molecular weight excluding hydrogens is 176 g/mol. The van der Waals surface area contributed by atoms with Crippen LogP contribution in [0.1, 0.15) is 26.7 Å². The zero-order valence-corrected chi connectivity index (χ0v) is 7.82. The fourth-order valence-electron chi connectivity index (χ4n) is 1.39. The normalized spacial score (nSPS) is 33.3. The van der Waals surface area contributed by atoms with Gasteiger partial charge in [-0.1, -0.05) is 29.8 Å². The van der Waals surface area contributed by atoms with Crippen molar-refractivity contribution in [2.45, 2.75) is 26.7 Å². The van der Waals surface area contributed by atoms with E-state index in [1.807, 2.05) is 0 Å². The molecule has 0 N–H and O–H groups in total. The summed E-state index contributed by atoms with van der Waals surface area (Å²) in [5.74, 6) is 2.98. The summed E-state index contributed by atoms with van der Waals surface area (Å²) in [7, 11) is 0. The third-order valence-electron chi connectivity index (χ3n) is 2.04. The SMILES string of the molecule is CC(C)CC1CC1CBr. The first-order valence-electron chi connectivity index (χ1n) is 3.80. The largest absolute Gasteiger partial charge is 0.0925 e. The van der Waals surface area contributed by atoms with E-state index in [4.69, 9.17) is 0 Å². The highest BCUT2D eigenvalue weighted by atomic mass is 79.9. The minimum absolute atomic E-state index is 0.902. The number of hydrogen-bond acceptors (Lipinski definition) is 0. The highest BCUT2D eigenvalue weighted by Gasteiger charge is 2.35. The molecule has 0 aromatic heterocycles. The summed E-state index contributed by atoms with van der Waals surface area (Å²) in [5, 5.41) is 1.23. The van der Waals surface area contributed by atoms with Crippen molar-refractivity contribution in [1.29, 1.82) is 0 Å². The Bertz CT molecular complexity index is 88.6. The van der Waals surface area contributed by atoms with Gasteiger partial charge in [0, 0.05) is 5.33 Å². The maximum Gasteiger partial charge on any atom is 0.00624 e. The third-order valence-corrected chi connectivity index (χ3v) is 2.87. The lowest BCUT2D eigenvalue weighted by atomic mass is 10.1. The fourth-order valence-corrected chi connectivity index (χ4v) is 2.19. The molecule has 1 saturated carbocycles. The molecule has 0 radical (unpaired) electrons. The molecule has 0 spiro atoms. The van der Waals surface area contributed by atoms with Crippen molar-refractivity contribution in [3.8, 4) is 0 Å². The molecule has 1 aliphatic carbocycles. The van der Waals surface area contributed by atoms with E-state index in [0.717, 1.165) is 17.8 Å². The van der Waals surface area contributed by atoms with Gasteiger partial charge in [-0.2, -0.15) is 0 Å². The van der Waals surface area contributed by atoms with Crippen molar-refractivity contribution in [3.63, 3.8) is 0 Å². The van der Waals surface area contributed by atoms with Gasteiger partial charge in [0.2, 0.25) is 0 Å². The second-order valence-electron chi connectivity index (χ2n) is 3.54. The first-order valence-corrected chi connectivity index (χ1v) is 4.92. The predicted octanol–water partition coefficient (Wildman–Crippen LogP) is 3.06. The minimum Gasteiger partial charge on any atom is -0.0925 e. The van der Waals surface area contributed by atoms with Crippen LogP contribution in [0.4, 0.5) is 0 Å². The average molecular weight is 191 g/mol. The number of halogens is 1. The van der Waals surface area contributed by atoms with Gasteiger partial charge in [-0.05, 0) is 30.6 Å². The van der Waals surface area contributed by atoms with Crippen LogP contribution in [0.15, 0.2) is 0 Å². The summed E-state index contributed by atoms with van der Waals surface area (Å²) in [6.45, 7) is 4.62. The summed E-state index contributed by atoms with van der Waals surface area (Å²) in [5.41, 5.74) is 0. The van der Waals surface area contributed by atoms with E-state index in [1.165, 1.54) is 18.2 Å². The van der Waals surface area contributed by atoms with Crippen LogP contribution >= 0.6 is 15.9 Å². The van der Waals surface area contributed by atoms with E-state index in [9.17, 15) is 0 Å². The standard InChI is InChI=1S/C8H15Br/c1-6(2)3-7-4-8(7)5-9/h6-8H,3-5H2,1-2H3. The highest BCUT2D eigenvalue weighted by molar-refractivity contribution is 9.09. The molecule has 1 rings (SSSR count). The molecule has 0 aliphatic heterocycles. The molecule has 0 amide bonds. The molecule has 54 valence electrons. The summed E-state index contributed by atoms with van der Waals surface area (Å²) in [6.07, 6.45) is 2.92. The Morgan fingerprint density at radius 2 is 2.11 bits per heavy atom. The predicted molar refractivity (Wildman–Crippen MR) is 44.8 cm³/mol. The Morgan fingerprint density at radius 3 is 2.44 bits per heavy atom. The first kappa shape index (κ1) is 7.59. The number of hydrogen-bond donors (Lipinski definition) is 0. The fraction of sp³-hybridized carbons (Fsp3) is 1.00. The second-order valence-corrected chi connectivity index (χ2v) is 4.19. The van der Waals surface area contributed by atoms with E-state index < -0.39 is 0 Å². The molecule has 2 unspecified atom stereocenters. The number of rotatable bonds is 3. The Balaban J connectivity index is 2.05. The summed E-state index contributed by atoms with van der Waals surface area (Å²) < 4.78 is 0. The first-order chi connectivity index (χ1) is 4.24. The second kappa shape index (κ2) is 3.05. The van der Waals surface area contributed by atoms with Crippen molar-refractivity contribution in [3.05, 3.63) is 0 Å². The van der Waals surface area contributed by atoms with Crippen LogP contribution in [0, 0.1) is 17.8 Å². The third kappa shape index (κ3) is 2.29. The molecule has 1 aliphatic rings. The Kier molecular flexibility index (Phi) is 2.57. The highest BCUT2D eigenvalue weighted by Crippen LogP contribution is 2.43. The van der Waals surface area contributed by atoms with E-state index in [2.05, 4.69) is 29.8 Å². The van der Waals surface area contributed by atoms with Crippen molar-refractivity contribution < 1.29 is 0 Å². The topological polar surface area (TPSA) is 0 Å². The lowest BCUT2D eigenvalue weighted by molar-refractivity contribution is 0.522. The van der Waals surface area contributed by atoms with Crippen LogP contribution in [0.2, 0.25) is 0 Å². The van der Waals surface area contributed by atoms with Crippen LogP contribution in [0.25, 0.3) is 0 Å². The van der Waals surface area contributed by atoms with Crippen molar-refractivity contribution in [2.75, 3.05) is 5.33 Å². The Morgan fingerprint density at radius 1 is 1.44 bits per heavy atom. The van der Waals surface area contributed by atoms with Crippen LogP contribution in [-0.2, 0) is 0 Å². The Hall–Kier alpha value is 0.480. The van der Waals surface area contributed by atoms with Gasteiger partial charge in [-0.25, -0.2) is 0 Å². The molecular formula is C8H15Br. The number of alkyl halides is 1. The molecule has 0 aromatic rings. The lowest BCUT2D eigenvalue weighted by Crippen LogP contribution is -1.90. The van der Waals surface area contributed by atoms with Crippen LogP contribution < -0.4 is 0 Å². The van der Waals surface area contributed by atoms with Crippen LogP contribution in [0.3, 0.4) is 0 Å². The summed E-state index contributed by atoms with van der Waals surface area (Å²) in [4.78, 5) is 0. The maximum atomic E-state index is 3.51. The van der Waals surface area contributed by atoms with Crippen molar-refractivity contribution in [1.82, 2.24) is 0 Å². The van der Waals surface area contributed by atoms with Gasteiger partial charge in [-0.3, -0.25) is 0 Å². The van der Waals surface area contributed by atoms with Gasteiger partial charge >= 0.3 is 0 Å². The smallest absolute Gasteiger partial charge is 0.00624 e. The van der Waals surface area contributed by atoms with E-state index >= 15 is 0 Å². The summed E-state index contributed by atoms with van der Waals surface area (Å²) in [6, 6.07) is 0. The van der Waals surface area contributed by atoms with Gasteiger partial charge in [0.15, 0.2) is 0 Å². The van der Waals surface area contributed by atoms with E-state index in [0.29, 0.717) is 0 Å². The van der Waals surface area contributed by atoms with Crippen LogP contribution in [-0.4, -0.2) is 5.33 Å². The van der Waals surface area contributed by atoms with Crippen LogP contribution in [0.5, 0.6) is 0 Å². The lowest BCUT2D eigenvalue weighted by Gasteiger charge is -2.00. The molecule has 1 heteroatoms.